The molecule has 0 bridgehead atoms. The van der Waals surface area contributed by atoms with Crippen LogP contribution in [0.4, 0.5) is 0 Å². The van der Waals surface area contributed by atoms with E-state index in [-0.39, 0.29) is 0 Å². The molecule has 6 saturated carbocycles. The lowest BCUT2D eigenvalue weighted by Gasteiger charge is -2.41. The quantitative estimate of drug-likeness (QED) is 0.0360. The summed E-state index contributed by atoms with van der Waals surface area (Å²) in [6.45, 7) is 26.9. The van der Waals surface area contributed by atoms with Crippen LogP contribution in [0.15, 0.2) is 177 Å². The highest BCUT2D eigenvalue weighted by atomic mass is 79.9. The lowest BCUT2D eigenvalue weighted by Crippen LogP contribution is -2.51. The first kappa shape index (κ1) is 109. The van der Waals surface area contributed by atoms with E-state index in [1.165, 1.54) is 249 Å². The fourth-order valence-corrected chi connectivity index (χ4v) is 27.1. The van der Waals surface area contributed by atoms with Crippen molar-refractivity contribution in [2.75, 3.05) is 198 Å². The maximum Gasteiger partial charge on any atom is 0.160 e. The van der Waals surface area contributed by atoms with Crippen molar-refractivity contribution in [1.82, 2.24) is 29.4 Å². The minimum atomic E-state index is 0.382. The topological polar surface area (TPSA) is 139 Å². The Hall–Kier alpha value is -5.40. The monoisotopic (exact) mass is 2110 g/mol. The van der Waals surface area contributed by atoms with Gasteiger partial charge in [-0.15, -0.1) is 22.7 Å². The number of nitrogens with zero attached hydrogens (tertiary/aromatic N) is 6. The zero-order valence-corrected chi connectivity index (χ0v) is 90.6. The zero-order chi connectivity index (χ0) is 97.2. The van der Waals surface area contributed by atoms with Gasteiger partial charge in [0.15, 0.2) is 11.5 Å². The van der Waals surface area contributed by atoms with Gasteiger partial charge < -0.3 is 61.6 Å². The fraction of sp³-hybridized carbons (Fsp3) is 0.630. The smallest absolute Gasteiger partial charge is 0.160 e. The number of hydrogen-bond acceptors (Lipinski definition) is 21. The lowest BCUT2D eigenvalue weighted by atomic mass is 9.91. The molecule has 8 heterocycles. The van der Waals surface area contributed by atoms with Crippen LogP contribution in [-0.2, 0) is 90.6 Å². The molecule has 9 aromatic rings. The van der Waals surface area contributed by atoms with E-state index in [0.29, 0.717) is 72.9 Å². The summed E-state index contributed by atoms with van der Waals surface area (Å²) in [5.41, 5.74) is 8.22. The molecule has 12 atom stereocenters. The van der Waals surface area contributed by atoms with E-state index in [0.717, 1.165) is 232 Å². The summed E-state index contributed by atoms with van der Waals surface area (Å²) in [5, 5.41) is 10.0. The van der Waals surface area contributed by atoms with Crippen LogP contribution in [0.3, 0.4) is 0 Å². The van der Waals surface area contributed by atoms with E-state index in [2.05, 4.69) is 224 Å². The number of morpholine rings is 5. The van der Waals surface area contributed by atoms with Crippen LogP contribution in [0.25, 0.3) is 30.9 Å². The molecule has 0 N–H and O–H groups in total. The number of fused-ring (bicyclic) bond motifs is 3. The molecule has 6 aliphatic heterocycles. The van der Waals surface area contributed by atoms with Crippen molar-refractivity contribution in [1.29, 1.82) is 0 Å². The highest BCUT2D eigenvalue weighted by Gasteiger charge is 2.39. The number of ether oxygens (including phenoxy) is 13. The molecule has 778 valence electrons. The third-order valence-electron chi connectivity index (χ3n) is 32.0. The van der Waals surface area contributed by atoms with Crippen molar-refractivity contribution in [2.45, 2.75) is 285 Å². The second-order valence-electron chi connectivity index (χ2n) is 41.0. The van der Waals surface area contributed by atoms with Crippen LogP contribution in [-0.4, -0.2) is 301 Å². The van der Waals surface area contributed by atoms with Gasteiger partial charge in [0.25, 0.3) is 0 Å². The molecule has 6 saturated heterocycles. The van der Waals surface area contributed by atoms with Crippen molar-refractivity contribution >= 4 is 85.5 Å². The Kier molecular flexibility index (Phi) is 47.0. The standard InChI is InChI=1S/C22H29NO.C21H33NO4.2C20H27NO2S.2C18H26BrNO2/c1-2-11-20-18(8-1)9-7-10-19(20)14-17-24-22-13-4-3-12-21(22)23-15-5-6-16-23;1-23-20-10-9-17(16-21(20)24-2)6-5-13-26-19-8-4-3-7-18(19)22-11-14-25-15-12-22;1-4-8-20-17(5-1)16(15-24-20)9-12-23-19-7-3-2-6-18(19)21-10-13-22-14-11-21;1-2-6-19(18(5-1)21-10-13-22-14-11-21)23-12-8-16-4-3-7-20-17(16)9-15-24-20;19-16-5-3-4-15(14-16)8-11-22-18-7-2-1-6-17(18)20-9-12-21-13-10-20;19-16-6-2-1-5-15(16)9-12-22-18-8-4-3-7-17(18)20-10-13-21-14-11-20/h1-2,7-11,21-22H,3-6,12-17H2;9-10,16,18-19H,3-8,11-15H2,1-2H3;1,4-5,8,15,18-19H,2-3,6-7,9-14H2;3-4,7,9,15,18-19H,1-2,5-6,8,10-14H2;3-5,14,17-18H,1-2,6-13H2;1-2,5-6,17-18H,3-4,7-14H2/t21?,22-;3*18?,19-;2*17?,18-/m000000/s1. The molecule has 12 fully saturated rings. The lowest BCUT2D eigenvalue weighted by molar-refractivity contribution is -0.0658. The van der Waals surface area contributed by atoms with Crippen molar-refractivity contribution < 1.29 is 61.6 Å². The summed E-state index contributed by atoms with van der Waals surface area (Å²) in [7, 11) is 3.35. The summed E-state index contributed by atoms with van der Waals surface area (Å²) >= 11 is 10.8. The van der Waals surface area contributed by atoms with Crippen molar-refractivity contribution in [3.05, 3.63) is 211 Å². The van der Waals surface area contributed by atoms with Gasteiger partial charge in [-0.1, -0.05) is 218 Å². The Morgan fingerprint density at radius 1 is 0.282 bits per heavy atom. The molecule has 142 heavy (non-hydrogen) atoms. The van der Waals surface area contributed by atoms with Crippen LogP contribution >= 0.6 is 54.5 Å². The predicted octanol–water partition coefficient (Wildman–Crippen LogP) is 23.6. The van der Waals surface area contributed by atoms with E-state index in [9.17, 15) is 0 Å². The molecule has 7 aromatic carbocycles. The number of hydrogen-bond donors (Lipinski definition) is 0. The Morgan fingerprint density at radius 2 is 0.627 bits per heavy atom. The number of thiophene rings is 2. The predicted molar refractivity (Wildman–Crippen MR) is 587 cm³/mol. The molecule has 6 unspecified atom stereocenters. The fourth-order valence-electron chi connectivity index (χ4n) is 24.3. The van der Waals surface area contributed by atoms with Gasteiger partial charge in [-0.25, -0.2) is 0 Å². The summed E-state index contributed by atoms with van der Waals surface area (Å²) in [5.74, 6) is 1.58. The highest BCUT2D eigenvalue weighted by molar-refractivity contribution is 9.10. The van der Waals surface area contributed by atoms with Gasteiger partial charge >= 0.3 is 0 Å². The first-order valence-electron chi connectivity index (χ1n) is 55.3. The van der Waals surface area contributed by atoms with Crippen molar-refractivity contribution in [3.8, 4) is 11.5 Å². The zero-order valence-electron chi connectivity index (χ0n) is 85.8. The maximum atomic E-state index is 6.42. The van der Waals surface area contributed by atoms with Crippen LogP contribution < -0.4 is 9.47 Å². The summed E-state index contributed by atoms with van der Waals surface area (Å²) < 4.78 is 81.5. The van der Waals surface area contributed by atoms with Gasteiger partial charge in [0.2, 0.25) is 0 Å². The normalized spacial score (nSPS) is 25.9. The molecule has 0 amide bonds. The first-order valence-corrected chi connectivity index (χ1v) is 58.7. The molecule has 19 nitrogen and oxygen atoms in total. The molecular formula is C119H168Br2N6O13S2. The van der Waals surface area contributed by atoms with Gasteiger partial charge in [0, 0.05) is 127 Å². The van der Waals surface area contributed by atoms with Gasteiger partial charge in [-0.05, 0) is 262 Å². The van der Waals surface area contributed by atoms with Crippen LogP contribution in [0, 0.1) is 0 Å². The van der Waals surface area contributed by atoms with E-state index < -0.39 is 0 Å². The molecule has 0 spiro atoms. The van der Waals surface area contributed by atoms with Gasteiger partial charge in [0.1, 0.15) is 0 Å². The number of halogens is 2. The Morgan fingerprint density at radius 3 is 1.09 bits per heavy atom. The van der Waals surface area contributed by atoms with E-state index >= 15 is 0 Å². The maximum absolute atomic E-state index is 6.42. The third kappa shape index (κ3) is 33.5. The van der Waals surface area contributed by atoms with Crippen LogP contribution in [0.1, 0.15) is 207 Å². The second kappa shape index (κ2) is 61.1. The van der Waals surface area contributed by atoms with Gasteiger partial charge in [-0.3, -0.25) is 29.4 Å². The average molecular weight is 2110 g/mol. The Labute approximate surface area is 875 Å². The minimum Gasteiger partial charge on any atom is -0.493 e. The molecule has 0 radical (unpaired) electrons. The summed E-state index contributed by atoms with van der Waals surface area (Å²) in [6.07, 6.45) is 43.2. The van der Waals surface area contributed by atoms with Crippen LogP contribution in [0.2, 0.25) is 0 Å². The molecular weight excluding hydrogens is 1950 g/mol. The highest BCUT2D eigenvalue weighted by Crippen LogP contribution is 2.38. The van der Waals surface area contributed by atoms with E-state index in [4.69, 9.17) is 61.6 Å². The molecule has 2 aromatic heterocycles. The van der Waals surface area contributed by atoms with Crippen LogP contribution in [0.5, 0.6) is 11.5 Å². The molecule has 12 aliphatic rings. The average Bonchev–Trinajstić information content (AvgIpc) is 1.14. The molecule has 6 aliphatic carbocycles. The number of rotatable bonds is 33. The van der Waals surface area contributed by atoms with Gasteiger partial charge in [-0.2, -0.15) is 0 Å². The molecule has 21 rings (SSSR count). The Balaban J connectivity index is 0.000000123. The van der Waals surface area contributed by atoms with E-state index in [1.54, 1.807) is 14.2 Å². The SMILES string of the molecule is Brc1cccc(CCO[C@H]2CCCCC2N2CCOCC2)c1.Brc1ccccc1CCO[C@H]1CCCCC1N1CCOCC1.COc1ccc(CCCO[C@H]2CCCCC2N2CCOCC2)cc1OC.c1cc(CCO[C@H]2CCCCC2N2CCOCC2)c2ccsc2c1.c1ccc2c(CCO[C@H]3CCCCC3N3CCCC3)cccc2c1.c1ccc2c(CCO[C@H]3CCCCC3N3CCOCC3)csc2c1. The van der Waals surface area contributed by atoms with Crippen molar-refractivity contribution in [3.63, 3.8) is 0 Å². The number of methoxy groups -OCH3 is 2. The van der Waals surface area contributed by atoms with E-state index in [1.807, 2.05) is 28.7 Å². The molecule has 23 heteroatoms. The second-order valence-corrected chi connectivity index (χ2v) is 44.6. The summed E-state index contributed by atoms with van der Waals surface area (Å²) in [4.78, 5) is 15.7. The Bertz CT molecular complexity index is 5010. The largest absolute Gasteiger partial charge is 0.493 e. The van der Waals surface area contributed by atoms with Gasteiger partial charge in [0.05, 0.1) is 150 Å². The first-order chi connectivity index (χ1) is 70.2. The third-order valence-corrected chi connectivity index (χ3v) is 35.2. The van der Waals surface area contributed by atoms with Crippen molar-refractivity contribution in [2.24, 2.45) is 0 Å². The number of benzene rings is 7. The summed E-state index contributed by atoms with van der Waals surface area (Å²) in [6, 6.07) is 59.6. The number of likely N-dealkylation sites (tertiary alicyclic amines) is 1. The number of aryl methyl sites for hydroxylation is 1. The minimum absolute atomic E-state index is 0.382.